The van der Waals surface area contributed by atoms with E-state index in [1.807, 2.05) is 18.2 Å². The molecule has 4 heteroatoms. The summed E-state index contributed by atoms with van der Waals surface area (Å²) in [6.45, 7) is 3.36. The van der Waals surface area contributed by atoms with Gasteiger partial charge >= 0.3 is 0 Å². The number of rotatable bonds is 5. The third-order valence-corrected chi connectivity index (χ3v) is 3.89. The zero-order chi connectivity index (χ0) is 12.8. The monoisotopic (exact) mass is 248 g/mol. The van der Waals surface area contributed by atoms with Crippen molar-refractivity contribution < 1.29 is 0 Å². The van der Waals surface area contributed by atoms with E-state index in [4.69, 9.17) is 5.84 Å². The largest absolute Gasteiger partial charge is 0.370 e. The summed E-state index contributed by atoms with van der Waals surface area (Å²) in [5, 5.41) is 3.37. The number of nitrogen functional groups attached to an aromatic ring is 1. The van der Waals surface area contributed by atoms with Crippen molar-refractivity contribution in [3.8, 4) is 0 Å². The van der Waals surface area contributed by atoms with Gasteiger partial charge in [0.15, 0.2) is 0 Å². The van der Waals surface area contributed by atoms with Crippen LogP contribution in [0.4, 0.5) is 11.6 Å². The van der Waals surface area contributed by atoms with E-state index in [1.165, 1.54) is 32.1 Å². The van der Waals surface area contributed by atoms with Crippen LogP contribution in [0, 0.1) is 11.8 Å². The molecule has 0 saturated heterocycles. The summed E-state index contributed by atoms with van der Waals surface area (Å²) < 4.78 is 0. The summed E-state index contributed by atoms with van der Waals surface area (Å²) in [5.41, 5.74) is 2.56. The SMILES string of the molecule is CC1CCC(CCNc2cccc(NN)n2)CC1. The average Bonchev–Trinajstić information content (AvgIpc) is 2.41. The second kappa shape index (κ2) is 6.59. The van der Waals surface area contributed by atoms with E-state index < -0.39 is 0 Å². The molecule has 1 aromatic rings. The van der Waals surface area contributed by atoms with Gasteiger partial charge in [-0.2, -0.15) is 0 Å². The Hall–Kier alpha value is -1.29. The van der Waals surface area contributed by atoms with Gasteiger partial charge in [-0.15, -0.1) is 0 Å². The van der Waals surface area contributed by atoms with E-state index in [0.717, 1.165) is 24.2 Å². The molecule has 0 radical (unpaired) electrons. The quantitative estimate of drug-likeness (QED) is 0.553. The van der Waals surface area contributed by atoms with E-state index in [0.29, 0.717) is 5.82 Å². The topological polar surface area (TPSA) is 63.0 Å². The molecule has 1 aromatic heterocycles. The van der Waals surface area contributed by atoms with Crippen molar-refractivity contribution in [2.24, 2.45) is 17.7 Å². The fourth-order valence-electron chi connectivity index (χ4n) is 2.64. The van der Waals surface area contributed by atoms with Crippen LogP contribution >= 0.6 is 0 Å². The highest BCUT2D eigenvalue weighted by atomic mass is 15.3. The predicted molar refractivity (Wildman–Crippen MR) is 76.3 cm³/mol. The highest BCUT2D eigenvalue weighted by molar-refractivity contribution is 5.44. The van der Waals surface area contributed by atoms with Crippen LogP contribution in [0.2, 0.25) is 0 Å². The van der Waals surface area contributed by atoms with E-state index in [9.17, 15) is 0 Å². The number of anilines is 2. The summed E-state index contributed by atoms with van der Waals surface area (Å²) >= 11 is 0. The van der Waals surface area contributed by atoms with Crippen molar-refractivity contribution >= 4 is 11.6 Å². The van der Waals surface area contributed by atoms with Crippen LogP contribution in [-0.2, 0) is 0 Å². The lowest BCUT2D eigenvalue weighted by Crippen LogP contribution is -2.16. The fourth-order valence-corrected chi connectivity index (χ4v) is 2.64. The Bertz CT molecular complexity index is 359. The Morgan fingerprint density at radius 3 is 2.67 bits per heavy atom. The minimum Gasteiger partial charge on any atom is -0.370 e. The van der Waals surface area contributed by atoms with Gasteiger partial charge in [-0.25, -0.2) is 10.8 Å². The van der Waals surface area contributed by atoms with Crippen molar-refractivity contribution in [2.45, 2.75) is 39.0 Å². The van der Waals surface area contributed by atoms with Gasteiger partial charge in [0, 0.05) is 6.54 Å². The zero-order valence-corrected chi connectivity index (χ0v) is 11.2. The zero-order valence-electron chi connectivity index (χ0n) is 11.2. The average molecular weight is 248 g/mol. The molecule has 1 fully saturated rings. The smallest absolute Gasteiger partial charge is 0.142 e. The number of hydrazine groups is 1. The molecule has 0 aromatic carbocycles. The van der Waals surface area contributed by atoms with Crippen molar-refractivity contribution in [2.75, 3.05) is 17.3 Å². The molecule has 2 rings (SSSR count). The maximum atomic E-state index is 5.34. The number of aromatic nitrogens is 1. The first-order valence-corrected chi connectivity index (χ1v) is 6.95. The van der Waals surface area contributed by atoms with Crippen LogP contribution in [0.3, 0.4) is 0 Å². The molecule has 1 saturated carbocycles. The molecule has 0 spiro atoms. The Kier molecular flexibility index (Phi) is 4.81. The minimum atomic E-state index is 0.700. The van der Waals surface area contributed by atoms with Gasteiger partial charge in [-0.05, 0) is 30.4 Å². The Morgan fingerprint density at radius 1 is 1.22 bits per heavy atom. The molecule has 0 atom stereocenters. The van der Waals surface area contributed by atoms with Gasteiger partial charge < -0.3 is 10.7 Å². The second-order valence-electron chi connectivity index (χ2n) is 5.39. The molecule has 4 nitrogen and oxygen atoms in total. The summed E-state index contributed by atoms with van der Waals surface area (Å²) in [6.07, 6.45) is 6.82. The molecular formula is C14H24N4. The third-order valence-electron chi connectivity index (χ3n) is 3.89. The van der Waals surface area contributed by atoms with Gasteiger partial charge in [-0.3, -0.25) is 0 Å². The van der Waals surface area contributed by atoms with Gasteiger partial charge in [0.2, 0.25) is 0 Å². The molecule has 0 unspecified atom stereocenters. The molecule has 1 aliphatic carbocycles. The first kappa shape index (κ1) is 13.1. The summed E-state index contributed by atoms with van der Waals surface area (Å²) in [5.74, 6) is 8.76. The molecule has 1 aliphatic rings. The van der Waals surface area contributed by atoms with E-state index in [1.54, 1.807) is 0 Å². The fraction of sp³-hybridized carbons (Fsp3) is 0.643. The van der Waals surface area contributed by atoms with Crippen molar-refractivity contribution in [3.05, 3.63) is 18.2 Å². The molecule has 100 valence electrons. The molecule has 0 aliphatic heterocycles. The lowest BCUT2D eigenvalue weighted by Gasteiger charge is -2.26. The lowest BCUT2D eigenvalue weighted by atomic mass is 9.81. The standard InChI is InChI=1S/C14H24N4/c1-11-5-7-12(8-6-11)9-10-16-13-3-2-4-14(17-13)18-15/h2-4,11-12H,5-10,15H2,1H3,(H2,16,17,18). The molecule has 0 bridgehead atoms. The maximum Gasteiger partial charge on any atom is 0.142 e. The number of hydrogen-bond donors (Lipinski definition) is 3. The van der Waals surface area contributed by atoms with Crippen molar-refractivity contribution in [1.29, 1.82) is 0 Å². The summed E-state index contributed by atoms with van der Waals surface area (Å²) in [6, 6.07) is 5.78. The number of pyridine rings is 1. The minimum absolute atomic E-state index is 0.700. The third kappa shape index (κ3) is 3.88. The van der Waals surface area contributed by atoms with Gasteiger partial charge in [-0.1, -0.05) is 38.7 Å². The summed E-state index contributed by atoms with van der Waals surface area (Å²) in [4.78, 5) is 4.34. The van der Waals surface area contributed by atoms with Crippen LogP contribution in [0.5, 0.6) is 0 Å². The van der Waals surface area contributed by atoms with Gasteiger partial charge in [0.25, 0.3) is 0 Å². The van der Waals surface area contributed by atoms with Crippen molar-refractivity contribution in [3.63, 3.8) is 0 Å². The number of nitrogens with one attached hydrogen (secondary N) is 2. The first-order valence-electron chi connectivity index (χ1n) is 6.95. The Labute approximate surface area is 109 Å². The molecule has 1 heterocycles. The maximum absolute atomic E-state index is 5.34. The first-order chi connectivity index (χ1) is 8.78. The summed E-state index contributed by atoms with van der Waals surface area (Å²) in [7, 11) is 0. The molecule has 4 N–H and O–H groups in total. The highest BCUT2D eigenvalue weighted by Crippen LogP contribution is 2.30. The predicted octanol–water partition coefficient (Wildman–Crippen LogP) is 3.00. The second-order valence-corrected chi connectivity index (χ2v) is 5.39. The van der Waals surface area contributed by atoms with E-state index in [2.05, 4.69) is 22.7 Å². The molecule has 18 heavy (non-hydrogen) atoms. The van der Waals surface area contributed by atoms with Crippen LogP contribution in [-0.4, -0.2) is 11.5 Å². The van der Waals surface area contributed by atoms with Crippen LogP contribution < -0.4 is 16.6 Å². The van der Waals surface area contributed by atoms with Crippen LogP contribution in [0.15, 0.2) is 18.2 Å². The highest BCUT2D eigenvalue weighted by Gasteiger charge is 2.17. The number of hydrogen-bond acceptors (Lipinski definition) is 4. The lowest BCUT2D eigenvalue weighted by molar-refractivity contribution is 0.282. The van der Waals surface area contributed by atoms with E-state index >= 15 is 0 Å². The Balaban J connectivity index is 1.71. The van der Waals surface area contributed by atoms with E-state index in [-0.39, 0.29) is 0 Å². The van der Waals surface area contributed by atoms with Crippen LogP contribution in [0.25, 0.3) is 0 Å². The van der Waals surface area contributed by atoms with Crippen LogP contribution in [0.1, 0.15) is 39.0 Å². The normalized spacial score (nSPS) is 23.7. The van der Waals surface area contributed by atoms with Crippen molar-refractivity contribution in [1.82, 2.24) is 4.98 Å². The molecular weight excluding hydrogens is 224 g/mol. The number of nitrogens with zero attached hydrogens (tertiary/aromatic N) is 1. The van der Waals surface area contributed by atoms with Gasteiger partial charge in [0.1, 0.15) is 11.6 Å². The Morgan fingerprint density at radius 2 is 1.94 bits per heavy atom. The number of nitrogens with two attached hydrogens (primary N) is 1. The van der Waals surface area contributed by atoms with Gasteiger partial charge in [0.05, 0.1) is 0 Å². The molecule has 0 amide bonds.